The van der Waals surface area contributed by atoms with E-state index in [4.69, 9.17) is 24.4 Å². The number of unbranched alkanes of at least 4 members (excludes halogenated alkanes) is 2. The molecule has 0 aromatic carbocycles. The number of hydrogen-bond donors (Lipinski definition) is 0. The molecule has 0 nitrogen and oxygen atoms in total. The summed E-state index contributed by atoms with van der Waals surface area (Å²) in [5, 5.41) is 0. The molecule has 0 aliphatic carbocycles. The Bertz CT molecular complexity index is 181. The van der Waals surface area contributed by atoms with Crippen molar-refractivity contribution in [3.63, 3.8) is 0 Å². The fourth-order valence-electron chi connectivity index (χ4n) is 0.716. The first-order valence-corrected chi connectivity index (χ1v) is 10.3. The molecule has 0 fully saturated rings. The van der Waals surface area contributed by atoms with E-state index in [1.54, 1.807) is 45.1 Å². The molecule has 0 saturated heterocycles. The molecule has 0 aliphatic heterocycles. The predicted octanol–water partition coefficient (Wildman–Crippen LogP) is 6.00. The second-order valence-corrected chi connectivity index (χ2v) is 9.80. The number of hydrogen-bond acceptors (Lipinski definition) is 6. The van der Waals surface area contributed by atoms with E-state index < -0.39 is 0 Å². The molecule has 0 radical (unpaired) electrons. The van der Waals surface area contributed by atoms with Gasteiger partial charge in [0, 0.05) is 0 Å². The monoisotopic (exact) mass is 330 g/mol. The third-order valence-corrected chi connectivity index (χ3v) is 8.36. The van der Waals surface area contributed by atoms with Gasteiger partial charge in [0.2, 0.25) is 0 Å². The van der Waals surface area contributed by atoms with E-state index in [2.05, 4.69) is 13.8 Å². The Kier molecular flexibility index (Phi) is 14.3. The third kappa shape index (κ3) is 12.0. The van der Waals surface area contributed by atoms with E-state index in [0.29, 0.717) is 0 Å². The maximum Gasteiger partial charge on any atom is 0.115 e. The first-order chi connectivity index (χ1) is 7.70. The Hall–Kier alpha value is 1.58. The van der Waals surface area contributed by atoms with Crippen molar-refractivity contribution in [2.75, 3.05) is 11.5 Å². The van der Waals surface area contributed by atoms with Gasteiger partial charge in [-0.3, -0.25) is 0 Å². The standard InChI is InChI=1S/C10H18S6/c1-3-5-7-13-9(11)15-16-10(12)14-8-6-4-2/h3-8H2,1-2H3. The van der Waals surface area contributed by atoms with Gasteiger partial charge in [0.05, 0.1) is 0 Å². The molecule has 0 unspecified atom stereocenters. The summed E-state index contributed by atoms with van der Waals surface area (Å²) in [6.45, 7) is 4.40. The summed E-state index contributed by atoms with van der Waals surface area (Å²) < 4.78 is 2.02. The van der Waals surface area contributed by atoms with Crippen LogP contribution < -0.4 is 0 Å². The summed E-state index contributed by atoms with van der Waals surface area (Å²) in [7, 11) is 3.28. The lowest BCUT2D eigenvalue weighted by Crippen LogP contribution is -1.86. The van der Waals surface area contributed by atoms with Gasteiger partial charge in [-0.15, -0.1) is 23.5 Å². The van der Waals surface area contributed by atoms with Crippen LogP contribution >= 0.6 is 69.5 Å². The molecule has 0 amide bonds. The van der Waals surface area contributed by atoms with Crippen LogP contribution in [0.4, 0.5) is 0 Å². The molecule has 0 aromatic rings. The lowest BCUT2D eigenvalue weighted by Gasteiger charge is -2.03. The molecule has 0 bridgehead atoms. The average Bonchev–Trinajstić information content (AvgIpc) is 2.27. The van der Waals surface area contributed by atoms with Crippen molar-refractivity contribution in [3.8, 4) is 0 Å². The van der Waals surface area contributed by atoms with Gasteiger partial charge in [0.1, 0.15) is 7.06 Å². The quantitative estimate of drug-likeness (QED) is 0.330. The molecular formula is C10H18S6. The molecule has 0 heterocycles. The predicted molar refractivity (Wildman–Crippen MR) is 95.1 cm³/mol. The van der Waals surface area contributed by atoms with Gasteiger partial charge in [-0.05, 0) is 45.9 Å². The first kappa shape index (κ1) is 17.6. The lowest BCUT2D eigenvalue weighted by atomic mass is 10.4. The summed E-state index contributed by atoms with van der Waals surface area (Å²) >= 11 is 14.1. The molecule has 0 aliphatic rings. The highest BCUT2D eigenvalue weighted by Crippen LogP contribution is 2.34. The fourth-order valence-corrected chi connectivity index (χ4v) is 5.94. The van der Waals surface area contributed by atoms with Crippen LogP contribution in [0.1, 0.15) is 39.5 Å². The van der Waals surface area contributed by atoms with Crippen molar-refractivity contribution < 1.29 is 0 Å². The van der Waals surface area contributed by atoms with E-state index >= 15 is 0 Å². The van der Waals surface area contributed by atoms with E-state index in [1.165, 1.54) is 25.7 Å². The van der Waals surface area contributed by atoms with Crippen molar-refractivity contribution in [1.82, 2.24) is 0 Å². The summed E-state index contributed by atoms with van der Waals surface area (Å²) in [4.78, 5) is 0. The summed E-state index contributed by atoms with van der Waals surface area (Å²) in [6.07, 6.45) is 4.95. The maximum absolute atomic E-state index is 5.26. The normalized spacial score (nSPS) is 10.4. The molecule has 0 atom stereocenters. The molecule has 16 heavy (non-hydrogen) atoms. The maximum atomic E-state index is 5.26. The highest BCUT2D eigenvalue weighted by molar-refractivity contribution is 8.96. The number of thioether (sulfide) groups is 2. The molecule has 0 N–H and O–H groups in total. The lowest BCUT2D eigenvalue weighted by molar-refractivity contribution is 0.898. The molecule has 0 spiro atoms. The minimum absolute atomic E-state index is 1.01. The van der Waals surface area contributed by atoms with E-state index in [1.807, 2.05) is 0 Å². The molecule has 6 heteroatoms. The first-order valence-electron chi connectivity index (χ1n) is 5.38. The molecule has 0 saturated carbocycles. The second-order valence-electron chi connectivity index (χ2n) is 3.07. The van der Waals surface area contributed by atoms with Gasteiger partial charge in [-0.25, -0.2) is 0 Å². The summed E-state index contributed by atoms with van der Waals surface area (Å²) in [5.41, 5.74) is 0. The Morgan fingerprint density at radius 2 is 1.19 bits per heavy atom. The Morgan fingerprint density at radius 1 is 0.812 bits per heavy atom. The van der Waals surface area contributed by atoms with Crippen molar-refractivity contribution in [2.45, 2.75) is 39.5 Å². The van der Waals surface area contributed by atoms with Crippen molar-refractivity contribution in [1.29, 1.82) is 0 Å². The topological polar surface area (TPSA) is 0 Å². The van der Waals surface area contributed by atoms with Crippen molar-refractivity contribution >= 4 is 76.6 Å². The largest absolute Gasteiger partial charge is 0.115 e. The SMILES string of the molecule is CCCCSC(=S)SSC(=S)SCCCC. The highest BCUT2D eigenvalue weighted by Gasteiger charge is 2.03. The van der Waals surface area contributed by atoms with Gasteiger partial charge in [-0.1, -0.05) is 51.1 Å². The fraction of sp³-hybridized carbons (Fsp3) is 0.800. The Balaban J connectivity index is 3.40. The van der Waals surface area contributed by atoms with Crippen LogP contribution in [-0.2, 0) is 0 Å². The van der Waals surface area contributed by atoms with Crippen LogP contribution in [0.15, 0.2) is 0 Å². The molecular weight excluding hydrogens is 313 g/mol. The van der Waals surface area contributed by atoms with E-state index in [9.17, 15) is 0 Å². The van der Waals surface area contributed by atoms with Crippen LogP contribution in [0.25, 0.3) is 0 Å². The average molecular weight is 331 g/mol. The van der Waals surface area contributed by atoms with Gasteiger partial charge >= 0.3 is 0 Å². The molecule has 0 aromatic heterocycles. The number of thiocarbonyl (C=S) groups is 2. The zero-order chi connectivity index (χ0) is 12.2. The zero-order valence-corrected chi connectivity index (χ0v) is 14.6. The van der Waals surface area contributed by atoms with Gasteiger partial charge in [-0.2, -0.15) is 0 Å². The van der Waals surface area contributed by atoms with Gasteiger partial charge in [0.15, 0.2) is 0 Å². The van der Waals surface area contributed by atoms with Gasteiger partial charge < -0.3 is 0 Å². The smallest absolute Gasteiger partial charge is 0.107 e. The van der Waals surface area contributed by atoms with E-state index in [0.717, 1.165) is 18.6 Å². The van der Waals surface area contributed by atoms with Crippen LogP contribution in [0.2, 0.25) is 0 Å². The van der Waals surface area contributed by atoms with Crippen molar-refractivity contribution in [3.05, 3.63) is 0 Å². The Labute approximate surface area is 127 Å². The highest BCUT2D eigenvalue weighted by atomic mass is 33.1. The summed E-state index contributed by atoms with van der Waals surface area (Å²) in [5.74, 6) is 2.28. The molecule has 0 rings (SSSR count). The van der Waals surface area contributed by atoms with Crippen LogP contribution in [0, 0.1) is 0 Å². The van der Waals surface area contributed by atoms with Crippen LogP contribution in [-0.4, -0.2) is 18.6 Å². The number of rotatable bonds is 6. The third-order valence-electron chi connectivity index (χ3n) is 1.61. The Morgan fingerprint density at radius 3 is 1.50 bits per heavy atom. The van der Waals surface area contributed by atoms with Crippen LogP contribution in [0.5, 0.6) is 0 Å². The minimum Gasteiger partial charge on any atom is -0.107 e. The van der Waals surface area contributed by atoms with E-state index in [-0.39, 0.29) is 0 Å². The second kappa shape index (κ2) is 13.0. The van der Waals surface area contributed by atoms with Gasteiger partial charge in [0.25, 0.3) is 0 Å². The molecule has 94 valence electrons. The zero-order valence-electron chi connectivity index (χ0n) is 9.69. The minimum atomic E-state index is 1.01. The summed E-state index contributed by atoms with van der Waals surface area (Å²) in [6, 6.07) is 0. The van der Waals surface area contributed by atoms with Crippen LogP contribution in [0.3, 0.4) is 0 Å². The van der Waals surface area contributed by atoms with Crippen molar-refractivity contribution in [2.24, 2.45) is 0 Å².